The molecule has 0 radical (unpaired) electrons. The first kappa shape index (κ1) is 17.6. The molecule has 1 aromatic rings. The van der Waals surface area contributed by atoms with Gasteiger partial charge in [0.25, 0.3) is 0 Å². The van der Waals surface area contributed by atoms with Crippen molar-refractivity contribution in [2.24, 2.45) is 5.41 Å². The van der Waals surface area contributed by atoms with Crippen molar-refractivity contribution in [1.82, 2.24) is 9.80 Å². The zero-order valence-corrected chi connectivity index (χ0v) is 14.1. The second kappa shape index (κ2) is 7.21. The molecule has 1 fully saturated rings. The molecule has 1 aliphatic heterocycles. The summed E-state index contributed by atoms with van der Waals surface area (Å²) in [5.41, 5.74) is 0.518. The van der Waals surface area contributed by atoms with Crippen LogP contribution in [0.5, 0.6) is 0 Å². The first-order valence-corrected chi connectivity index (χ1v) is 8.03. The van der Waals surface area contributed by atoms with Gasteiger partial charge in [0.2, 0.25) is 5.91 Å². The lowest BCUT2D eigenvalue weighted by molar-refractivity contribution is -0.134. The number of ketones is 1. The van der Waals surface area contributed by atoms with Gasteiger partial charge in [-0.3, -0.25) is 14.5 Å². The zero-order valence-electron chi connectivity index (χ0n) is 14.1. The fourth-order valence-electron chi connectivity index (χ4n) is 2.65. The van der Waals surface area contributed by atoms with E-state index in [1.165, 1.54) is 24.3 Å². The Morgan fingerprint density at radius 2 is 1.61 bits per heavy atom. The van der Waals surface area contributed by atoms with Crippen LogP contribution in [-0.4, -0.2) is 54.2 Å². The number of Topliss-reactive ketones (excluding diaryl/α,β-unsaturated/α-hetero) is 1. The number of carbonyl (C=O) groups excluding carboxylic acids is 2. The van der Waals surface area contributed by atoms with Crippen molar-refractivity contribution in [1.29, 1.82) is 0 Å². The van der Waals surface area contributed by atoms with Gasteiger partial charge in [-0.05, 0) is 29.7 Å². The number of piperazine rings is 1. The maximum Gasteiger partial charge on any atom is 0.223 e. The Hall–Kier alpha value is -1.75. The Bertz CT molecular complexity index is 555. The molecule has 0 aliphatic carbocycles. The van der Waals surface area contributed by atoms with Gasteiger partial charge in [-0.2, -0.15) is 0 Å². The highest BCUT2D eigenvalue weighted by Gasteiger charge is 2.25. The lowest BCUT2D eigenvalue weighted by Gasteiger charge is -2.35. The van der Waals surface area contributed by atoms with Crippen LogP contribution in [0.1, 0.15) is 37.6 Å². The molecular formula is C18H25FN2O2. The third kappa shape index (κ3) is 5.43. The molecule has 5 heteroatoms. The molecular weight excluding hydrogens is 295 g/mol. The third-order valence-electron chi connectivity index (χ3n) is 3.94. The van der Waals surface area contributed by atoms with Crippen LogP contribution in [0.25, 0.3) is 0 Å². The molecule has 0 unspecified atom stereocenters. The highest BCUT2D eigenvalue weighted by atomic mass is 19.1. The average molecular weight is 320 g/mol. The van der Waals surface area contributed by atoms with Crippen molar-refractivity contribution >= 4 is 11.7 Å². The number of halogens is 1. The number of benzene rings is 1. The largest absolute Gasteiger partial charge is 0.340 e. The van der Waals surface area contributed by atoms with Crippen molar-refractivity contribution < 1.29 is 14.0 Å². The van der Waals surface area contributed by atoms with Crippen LogP contribution in [-0.2, 0) is 4.79 Å². The highest BCUT2D eigenvalue weighted by Crippen LogP contribution is 2.20. The second-order valence-corrected chi connectivity index (χ2v) is 7.32. The summed E-state index contributed by atoms with van der Waals surface area (Å²) in [6.45, 7) is 9.20. The molecule has 1 aromatic carbocycles. The maximum absolute atomic E-state index is 12.9. The van der Waals surface area contributed by atoms with Crippen molar-refractivity contribution in [3.8, 4) is 0 Å². The van der Waals surface area contributed by atoms with Gasteiger partial charge in [-0.1, -0.05) is 20.8 Å². The predicted octanol–water partition coefficient (Wildman–Crippen LogP) is 2.59. The smallest absolute Gasteiger partial charge is 0.223 e. The molecule has 0 aromatic heterocycles. The minimum Gasteiger partial charge on any atom is -0.340 e. The molecule has 4 nitrogen and oxygen atoms in total. The van der Waals surface area contributed by atoms with Gasteiger partial charge in [0, 0.05) is 38.2 Å². The normalized spacial score (nSPS) is 16.4. The monoisotopic (exact) mass is 320 g/mol. The first-order valence-electron chi connectivity index (χ1n) is 8.03. The van der Waals surface area contributed by atoms with Crippen LogP contribution >= 0.6 is 0 Å². The van der Waals surface area contributed by atoms with E-state index in [0.29, 0.717) is 44.7 Å². The summed E-state index contributed by atoms with van der Waals surface area (Å²) in [6.07, 6.45) is 0.543. The molecule has 126 valence electrons. The molecule has 23 heavy (non-hydrogen) atoms. The van der Waals surface area contributed by atoms with Crippen LogP contribution in [0.4, 0.5) is 4.39 Å². The van der Waals surface area contributed by atoms with Crippen molar-refractivity contribution in [3.63, 3.8) is 0 Å². The van der Waals surface area contributed by atoms with E-state index in [2.05, 4.69) is 20.8 Å². The summed E-state index contributed by atoms with van der Waals surface area (Å²) in [5.74, 6) is -0.172. The van der Waals surface area contributed by atoms with Gasteiger partial charge in [-0.15, -0.1) is 0 Å². The molecule has 1 heterocycles. The number of carbonyl (C=O) groups is 2. The summed E-state index contributed by atoms with van der Waals surface area (Å²) in [6, 6.07) is 5.63. The van der Waals surface area contributed by atoms with Gasteiger partial charge < -0.3 is 4.90 Å². The Balaban J connectivity index is 1.81. The molecule has 0 spiro atoms. The van der Waals surface area contributed by atoms with Crippen molar-refractivity contribution in [3.05, 3.63) is 35.6 Å². The average Bonchev–Trinajstić information content (AvgIpc) is 2.46. The quantitative estimate of drug-likeness (QED) is 0.801. The molecule has 0 atom stereocenters. The van der Waals surface area contributed by atoms with Gasteiger partial charge in [0.05, 0.1) is 6.54 Å². The van der Waals surface area contributed by atoms with Crippen molar-refractivity contribution in [2.45, 2.75) is 27.2 Å². The predicted molar refractivity (Wildman–Crippen MR) is 87.8 cm³/mol. The number of amides is 1. The van der Waals surface area contributed by atoms with Crippen molar-refractivity contribution in [2.75, 3.05) is 32.7 Å². The molecule has 0 bridgehead atoms. The molecule has 1 aliphatic rings. The van der Waals surface area contributed by atoms with Crippen LogP contribution in [0, 0.1) is 11.2 Å². The number of hydrogen-bond acceptors (Lipinski definition) is 3. The third-order valence-corrected chi connectivity index (χ3v) is 3.94. The number of nitrogens with zero attached hydrogens (tertiary/aromatic N) is 2. The van der Waals surface area contributed by atoms with Gasteiger partial charge >= 0.3 is 0 Å². The Morgan fingerprint density at radius 1 is 1.04 bits per heavy atom. The van der Waals surface area contributed by atoms with E-state index in [-0.39, 0.29) is 22.9 Å². The van der Waals surface area contributed by atoms with E-state index in [1.54, 1.807) is 0 Å². The van der Waals surface area contributed by atoms with Gasteiger partial charge in [-0.25, -0.2) is 4.39 Å². The van der Waals surface area contributed by atoms with Crippen LogP contribution < -0.4 is 0 Å². The Morgan fingerprint density at radius 3 is 2.13 bits per heavy atom. The summed E-state index contributed by atoms with van der Waals surface area (Å²) >= 11 is 0. The van der Waals surface area contributed by atoms with E-state index >= 15 is 0 Å². The summed E-state index contributed by atoms with van der Waals surface area (Å²) in [5, 5.41) is 0. The van der Waals surface area contributed by atoms with E-state index in [1.807, 2.05) is 9.80 Å². The molecule has 1 saturated heterocycles. The zero-order chi connectivity index (χ0) is 17.0. The van der Waals surface area contributed by atoms with E-state index < -0.39 is 0 Å². The van der Waals surface area contributed by atoms with Gasteiger partial charge in [0.1, 0.15) is 5.82 Å². The SMILES string of the molecule is CC(C)(C)CC(=O)N1CCN(CC(=O)c2ccc(F)cc2)CC1. The first-order chi connectivity index (χ1) is 10.7. The summed E-state index contributed by atoms with van der Waals surface area (Å²) < 4.78 is 12.9. The van der Waals surface area contributed by atoms with E-state index in [0.717, 1.165) is 0 Å². The van der Waals surface area contributed by atoms with Crippen LogP contribution in [0.2, 0.25) is 0 Å². The molecule has 0 saturated carbocycles. The Labute approximate surface area is 137 Å². The minimum atomic E-state index is -0.340. The van der Waals surface area contributed by atoms with E-state index in [4.69, 9.17) is 0 Å². The number of rotatable bonds is 4. The standard InChI is InChI=1S/C18H25FN2O2/c1-18(2,3)12-17(23)21-10-8-20(9-11-21)13-16(22)14-4-6-15(19)7-5-14/h4-7H,8-13H2,1-3H3. The molecule has 0 N–H and O–H groups in total. The lowest BCUT2D eigenvalue weighted by Crippen LogP contribution is -2.50. The van der Waals surface area contributed by atoms with Crippen LogP contribution in [0.3, 0.4) is 0 Å². The second-order valence-electron chi connectivity index (χ2n) is 7.32. The van der Waals surface area contributed by atoms with Crippen LogP contribution in [0.15, 0.2) is 24.3 Å². The fourth-order valence-corrected chi connectivity index (χ4v) is 2.65. The number of hydrogen-bond donors (Lipinski definition) is 0. The van der Waals surface area contributed by atoms with E-state index in [9.17, 15) is 14.0 Å². The topological polar surface area (TPSA) is 40.6 Å². The Kier molecular flexibility index (Phi) is 5.52. The highest BCUT2D eigenvalue weighted by molar-refractivity contribution is 5.97. The maximum atomic E-state index is 12.9. The minimum absolute atomic E-state index is 0.00718. The van der Waals surface area contributed by atoms with Gasteiger partial charge in [0.15, 0.2) is 5.78 Å². The summed E-state index contributed by atoms with van der Waals surface area (Å²) in [7, 11) is 0. The molecule has 1 amide bonds. The summed E-state index contributed by atoms with van der Waals surface area (Å²) in [4.78, 5) is 28.3. The molecule has 2 rings (SSSR count). The lowest BCUT2D eigenvalue weighted by atomic mass is 9.91. The fraction of sp³-hybridized carbons (Fsp3) is 0.556.